The number of hydrogen-bond acceptors (Lipinski definition) is 2. The predicted molar refractivity (Wildman–Crippen MR) is 110 cm³/mol. The predicted octanol–water partition coefficient (Wildman–Crippen LogP) is 5.06. The molecule has 1 saturated heterocycles. The van der Waals surface area contributed by atoms with E-state index in [-0.39, 0.29) is 13.4 Å². The topological polar surface area (TPSA) is 32.3 Å². The molecule has 3 nitrogen and oxygen atoms in total. The quantitative estimate of drug-likeness (QED) is 0.815. The molecule has 0 aromatic heterocycles. The number of fused-ring (bicyclic) bond motifs is 2. The van der Waals surface area contributed by atoms with Gasteiger partial charge in [0.05, 0.1) is 6.04 Å². The molecule has 146 valence electrons. The fourth-order valence-corrected chi connectivity index (χ4v) is 4.66. The van der Waals surface area contributed by atoms with Crippen LogP contribution in [0.4, 0.5) is 0 Å². The molecule has 0 bridgehead atoms. The Hall–Kier alpha value is -1.35. The van der Waals surface area contributed by atoms with Crippen LogP contribution in [0.15, 0.2) is 24.3 Å². The maximum absolute atomic E-state index is 11.9. The third-order valence-electron chi connectivity index (χ3n) is 6.47. The Kier molecular flexibility index (Phi) is 5.76. The molecule has 26 heavy (non-hydrogen) atoms. The minimum Gasteiger partial charge on any atom is -0.349 e. The first kappa shape index (κ1) is 19.4. The van der Waals surface area contributed by atoms with Crippen molar-refractivity contribution < 1.29 is 6.22 Å². The Balaban J connectivity index is 0.00000261. The zero-order valence-electron chi connectivity index (χ0n) is 17.1. The molecule has 0 unspecified atom stereocenters. The summed E-state index contributed by atoms with van der Waals surface area (Å²) in [7, 11) is 0. The van der Waals surface area contributed by atoms with Crippen molar-refractivity contribution in [1.82, 2.24) is 10.2 Å². The van der Waals surface area contributed by atoms with Gasteiger partial charge in [-0.05, 0) is 73.7 Å². The zero-order chi connectivity index (χ0) is 18.8. The number of nitrogens with one attached hydrogen (secondary N) is 1. The van der Waals surface area contributed by atoms with Crippen LogP contribution in [0.2, 0.25) is 0 Å². The number of carbonyl (C=O) groups is 1. The lowest BCUT2D eigenvalue weighted by molar-refractivity contribution is -0.121. The van der Waals surface area contributed by atoms with Crippen LogP contribution in [0, 0.1) is 5.41 Å². The van der Waals surface area contributed by atoms with Gasteiger partial charge in [-0.1, -0.05) is 52.0 Å². The molecule has 1 N–H and O–H groups in total. The fourth-order valence-electron chi connectivity index (χ4n) is 4.66. The average Bonchev–Trinajstić information content (AvgIpc) is 2.63. The van der Waals surface area contributed by atoms with Crippen LogP contribution in [0.5, 0.6) is 0 Å². The molecule has 1 heterocycles. The highest BCUT2D eigenvalue weighted by atomic mass is 16.1. The molecule has 1 aromatic carbocycles. The number of nitrogens with zero attached hydrogens (tertiary/aromatic N) is 1. The van der Waals surface area contributed by atoms with Crippen LogP contribution >= 0.6 is 0 Å². The molecule has 2 aliphatic rings. The summed E-state index contributed by atoms with van der Waals surface area (Å²) in [6.45, 7) is 12.6. The number of likely N-dealkylation sites (tertiary alicyclic amines) is 1. The summed E-state index contributed by atoms with van der Waals surface area (Å²) in [6, 6.07) is 9.06. The van der Waals surface area contributed by atoms with E-state index in [1.807, 2.05) is 6.92 Å². The van der Waals surface area contributed by atoms with Crippen molar-refractivity contribution >= 4 is 5.91 Å². The Morgan fingerprint density at radius 1 is 1.23 bits per heavy atom. The van der Waals surface area contributed by atoms with Crippen molar-refractivity contribution in [3.8, 4) is 0 Å². The summed E-state index contributed by atoms with van der Waals surface area (Å²) in [4.78, 5) is 14.6. The lowest BCUT2D eigenvalue weighted by Crippen LogP contribution is -2.46. The van der Waals surface area contributed by atoms with Gasteiger partial charge in [0.25, 0.3) is 0 Å². The largest absolute Gasteiger partial charge is 0.349 e. The Bertz CT molecular complexity index is 630. The van der Waals surface area contributed by atoms with Crippen LogP contribution in [-0.2, 0) is 10.2 Å². The van der Waals surface area contributed by atoms with Gasteiger partial charge in [-0.3, -0.25) is 4.79 Å². The molecule has 1 fully saturated rings. The van der Waals surface area contributed by atoms with Gasteiger partial charge in [0.15, 0.2) is 0 Å². The smallest absolute Gasteiger partial charge is 0.220 e. The molecule has 1 spiro atoms. The number of rotatable bonds is 4. The second-order valence-corrected chi connectivity index (χ2v) is 9.53. The molecule has 1 amide bonds. The number of carbonyl (C=O) groups excluding carboxylic acids is 1. The highest BCUT2D eigenvalue weighted by molar-refractivity contribution is 5.76. The minimum absolute atomic E-state index is 0. The van der Waals surface area contributed by atoms with Gasteiger partial charge in [-0.15, -0.1) is 0 Å². The summed E-state index contributed by atoms with van der Waals surface area (Å²) in [5, 5.41) is 3.24. The van der Waals surface area contributed by atoms with Crippen molar-refractivity contribution in [3.05, 3.63) is 35.4 Å². The van der Waals surface area contributed by atoms with Gasteiger partial charge < -0.3 is 10.2 Å². The van der Waals surface area contributed by atoms with E-state index in [2.05, 4.69) is 55.3 Å². The normalized spacial score (nSPS) is 22.8. The van der Waals surface area contributed by atoms with Gasteiger partial charge in [0, 0.05) is 7.85 Å². The van der Waals surface area contributed by atoms with Crippen molar-refractivity contribution in [1.29, 1.82) is 0 Å². The lowest BCUT2D eigenvalue weighted by Gasteiger charge is -2.47. The summed E-state index contributed by atoms with van der Waals surface area (Å²) < 4.78 is 0. The molecule has 1 aliphatic carbocycles. The molecule has 3 heteroatoms. The number of piperidine rings is 1. The number of hydrogen-bond donors (Lipinski definition) is 1. The van der Waals surface area contributed by atoms with E-state index in [1.54, 1.807) is 0 Å². The Morgan fingerprint density at radius 3 is 2.58 bits per heavy atom. The standard InChI is InChI=1S/C23H36N2O.H2/c1-5-21(26)24-20-10-11-23(19-9-7-6-8-18(19)20)13-16-25(17-14-23)15-12-22(2,3)4;/h6-9,20H,5,10-17H2,1-4H3,(H,24,26);1H/t20-;/m0./s1. The minimum atomic E-state index is 0. The summed E-state index contributed by atoms with van der Waals surface area (Å²) in [5.41, 5.74) is 3.60. The van der Waals surface area contributed by atoms with Gasteiger partial charge in [-0.2, -0.15) is 0 Å². The molecule has 0 saturated carbocycles. The maximum Gasteiger partial charge on any atom is 0.220 e. The van der Waals surface area contributed by atoms with Gasteiger partial charge in [0.2, 0.25) is 5.91 Å². The van der Waals surface area contributed by atoms with Crippen molar-refractivity contribution in [2.24, 2.45) is 5.41 Å². The highest BCUT2D eigenvalue weighted by Crippen LogP contribution is 2.48. The van der Waals surface area contributed by atoms with Gasteiger partial charge in [-0.25, -0.2) is 0 Å². The molecule has 1 atom stereocenters. The summed E-state index contributed by atoms with van der Waals surface area (Å²) in [5.74, 6) is 0.165. The first-order valence-electron chi connectivity index (χ1n) is 10.4. The number of benzene rings is 1. The molecular formula is C23H38N2O. The maximum atomic E-state index is 11.9. The van der Waals surface area contributed by atoms with Crippen LogP contribution in [0.3, 0.4) is 0 Å². The van der Waals surface area contributed by atoms with Crippen molar-refractivity contribution in [3.63, 3.8) is 0 Å². The number of amides is 1. The Morgan fingerprint density at radius 2 is 1.92 bits per heavy atom. The summed E-state index contributed by atoms with van der Waals surface area (Å²) >= 11 is 0. The van der Waals surface area contributed by atoms with Crippen LogP contribution < -0.4 is 5.32 Å². The van der Waals surface area contributed by atoms with E-state index >= 15 is 0 Å². The average molecular weight is 359 g/mol. The van der Waals surface area contributed by atoms with Crippen LogP contribution in [-0.4, -0.2) is 30.4 Å². The monoisotopic (exact) mass is 358 g/mol. The zero-order valence-corrected chi connectivity index (χ0v) is 17.1. The van der Waals surface area contributed by atoms with E-state index in [4.69, 9.17) is 0 Å². The third kappa shape index (κ3) is 4.31. The second kappa shape index (κ2) is 7.72. The van der Waals surface area contributed by atoms with Crippen LogP contribution in [0.25, 0.3) is 0 Å². The lowest BCUT2D eigenvalue weighted by atomic mass is 9.63. The van der Waals surface area contributed by atoms with E-state index in [9.17, 15) is 4.79 Å². The summed E-state index contributed by atoms with van der Waals surface area (Å²) in [6.07, 6.45) is 6.61. The SMILES string of the molecule is CCC(=O)N[C@H]1CCC2(CCN(CCC(C)(C)C)CC2)c2ccccc21.[HH]. The van der Waals surface area contributed by atoms with E-state index in [0.717, 1.165) is 6.42 Å². The van der Waals surface area contributed by atoms with Crippen molar-refractivity contribution in [2.75, 3.05) is 19.6 Å². The second-order valence-electron chi connectivity index (χ2n) is 9.53. The van der Waals surface area contributed by atoms with Gasteiger partial charge >= 0.3 is 0 Å². The molecule has 1 aliphatic heterocycles. The van der Waals surface area contributed by atoms with Crippen LogP contribution in [0.1, 0.15) is 84.8 Å². The third-order valence-corrected chi connectivity index (χ3v) is 6.47. The van der Waals surface area contributed by atoms with E-state index in [0.29, 0.717) is 17.3 Å². The van der Waals surface area contributed by atoms with E-state index in [1.165, 1.54) is 56.4 Å². The molecule has 1 aromatic rings. The fraction of sp³-hybridized carbons (Fsp3) is 0.696. The first-order chi connectivity index (χ1) is 12.3. The molecule has 3 rings (SSSR count). The molecule has 0 radical (unpaired) electrons. The van der Waals surface area contributed by atoms with E-state index < -0.39 is 0 Å². The highest BCUT2D eigenvalue weighted by Gasteiger charge is 2.42. The van der Waals surface area contributed by atoms with Crippen molar-refractivity contribution in [2.45, 2.75) is 77.7 Å². The van der Waals surface area contributed by atoms with Gasteiger partial charge in [0.1, 0.15) is 0 Å². The molecular weight excluding hydrogens is 320 g/mol. The Labute approximate surface area is 161 Å². The first-order valence-corrected chi connectivity index (χ1v) is 10.4.